The highest BCUT2D eigenvalue weighted by atomic mass is 32.1. The highest BCUT2D eigenvalue weighted by Gasteiger charge is 2.14. The lowest BCUT2D eigenvalue weighted by Crippen LogP contribution is -2.19. The van der Waals surface area contributed by atoms with Gasteiger partial charge in [0, 0.05) is 36.6 Å². The standard InChI is InChI=1S/C14H16N4OS/c1-10(11-4-3-5-15-8-11)16-9-12-13(19-2)17-14-18(12)6-7-20-14/h3-8,10,16H,9H2,1-2H3. The maximum absolute atomic E-state index is 5.35. The van der Waals surface area contributed by atoms with E-state index in [1.54, 1.807) is 24.6 Å². The van der Waals surface area contributed by atoms with E-state index >= 15 is 0 Å². The second kappa shape index (κ2) is 5.60. The Bertz CT molecular complexity index is 692. The molecule has 3 aromatic rings. The SMILES string of the molecule is COc1nc2sccn2c1CNC(C)c1cccnc1. The van der Waals surface area contributed by atoms with E-state index in [4.69, 9.17) is 4.74 Å². The molecule has 1 unspecified atom stereocenters. The number of ether oxygens (including phenoxy) is 1. The van der Waals surface area contributed by atoms with E-state index in [-0.39, 0.29) is 6.04 Å². The largest absolute Gasteiger partial charge is 0.480 e. The maximum atomic E-state index is 5.35. The number of hydrogen-bond acceptors (Lipinski definition) is 5. The molecule has 0 amide bonds. The molecule has 5 nitrogen and oxygen atoms in total. The van der Waals surface area contributed by atoms with Gasteiger partial charge in [0.05, 0.1) is 7.11 Å². The first-order valence-electron chi connectivity index (χ1n) is 6.41. The van der Waals surface area contributed by atoms with Gasteiger partial charge >= 0.3 is 0 Å². The predicted molar refractivity (Wildman–Crippen MR) is 79.1 cm³/mol. The Balaban J connectivity index is 1.78. The van der Waals surface area contributed by atoms with Gasteiger partial charge in [-0.2, -0.15) is 4.98 Å². The van der Waals surface area contributed by atoms with Crippen LogP contribution in [0.4, 0.5) is 0 Å². The third-order valence-corrected chi connectivity index (χ3v) is 4.03. The van der Waals surface area contributed by atoms with Crippen LogP contribution < -0.4 is 10.1 Å². The Kier molecular flexibility index (Phi) is 3.66. The number of nitrogens with zero attached hydrogens (tertiary/aromatic N) is 3. The lowest BCUT2D eigenvalue weighted by Gasteiger charge is -2.13. The lowest BCUT2D eigenvalue weighted by molar-refractivity contribution is 0.391. The van der Waals surface area contributed by atoms with Gasteiger partial charge in [0.2, 0.25) is 5.88 Å². The molecule has 0 aliphatic carbocycles. The molecule has 0 fully saturated rings. The van der Waals surface area contributed by atoms with E-state index in [0.717, 1.165) is 16.2 Å². The number of rotatable bonds is 5. The average molecular weight is 288 g/mol. The minimum atomic E-state index is 0.220. The fourth-order valence-electron chi connectivity index (χ4n) is 2.14. The molecule has 0 aliphatic heterocycles. The summed E-state index contributed by atoms with van der Waals surface area (Å²) in [6.07, 6.45) is 5.68. The van der Waals surface area contributed by atoms with Gasteiger partial charge in [-0.25, -0.2) is 0 Å². The Morgan fingerprint density at radius 1 is 1.50 bits per heavy atom. The minimum Gasteiger partial charge on any atom is -0.480 e. The van der Waals surface area contributed by atoms with E-state index in [1.165, 1.54) is 0 Å². The Labute approximate surface area is 121 Å². The number of aromatic nitrogens is 3. The smallest absolute Gasteiger partial charge is 0.237 e. The average Bonchev–Trinajstić information content (AvgIpc) is 3.06. The molecule has 6 heteroatoms. The van der Waals surface area contributed by atoms with Crippen LogP contribution in [0, 0.1) is 0 Å². The van der Waals surface area contributed by atoms with Gasteiger partial charge in [0.25, 0.3) is 0 Å². The maximum Gasteiger partial charge on any atom is 0.237 e. The molecule has 0 radical (unpaired) electrons. The normalized spacial score (nSPS) is 12.7. The Morgan fingerprint density at radius 2 is 2.40 bits per heavy atom. The predicted octanol–water partition coefficient (Wildman–Crippen LogP) is 2.65. The van der Waals surface area contributed by atoms with Crippen LogP contribution in [0.25, 0.3) is 4.96 Å². The fraction of sp³-hybridized carbons (Fsp3) is 0.286. The first-order chi connectivity index (χ1) is 9.79. The van der Waals surface area contributed by atoms with Crippen LogP contribution >= 0.6 is 11.3 Å². The molecule has 1 atom stereocenters. The molecule has 0 saturated carbocycles. The molecule has 3 aromatic heterocycles. The van der Waals surface area contributed by atoms with Crippen molar-refractivity contribution in [2.45, 2.75) is 19.5 Å². The highest BCUT2D eigenvalue weighted by molar-refractivity contribution is 7.15. The molecule has 0 saturated heterocycles. The minimum absolute atomic E-state index is 0.220. The van der Waals surface area contributed by atoms with Crippen LogP contribution in [0.2, 0.25) is 0 Å². The number of pyridine rings is 1. The summed E-state index contributed by atoms with van der Waals surface area (Å²) in [4.78, 5) is 9.55. The lowest BCUT2D eigenvalue weighted by atomic mass is 10.1. The molecule has 3 rings (SSSR count). The summed E-state index contributed by atoms with van der Waals surface area (Å²) >= 11 is 1.60. The van der Waals surface area contributed by atoms with Crippen molar-refractivity contribution in [1.82, 2.24) is 19.7 Å². The number of imidazole rings is 1. The van der Waals surface area contributed by atoms with Gasteiger partial charge in [-0.05, 0) is 18.6 Å². The van der Waals surface area contributed by atoms with Crippen molar-refractivity contribution in [3.63, 3.8) is 0 Å². The summed E-state index contributed by atoms with van der Waals surface area (Å²) in [7, 11) is 1.65. The van der Waals surface area contributed by atoms with Gasteiger partial charge in [-0.1, -0.05) is 6.07 Å². The Hall–Kier alpha value is -1.92. The van der Waals surface area contributed by atoms with E-state index in [0.29, 0.717) is 12.4 Å². The quantitative estimate of drug-likeness (QED) is 0.784. The van der Waals surface area contributed by atoms with Gasteiger partial charge < -0.3 is 10.1 Å². The summed E-state index contributed by atoms with van der Waals surface area (Å²) in [5.41, 5.74) is 2.21. The van der Waals surface area contributed by atoms with Gasteiger partial charge in [-0.3, -0.25) is 9.38 Å². The molecule has 20 heavy (non-hydrogen) atoms. The van der Waals surface area contributed by atoms with Gasteiger partial charge in [0.1, 0.15) is 5.69 Å². The van der Waals surface area contributed by atoms with Crippen LogP contribution in [-0.4, -0.2) is 21.5 Å². The number of nitrogens with one attached hydrogen (secondary N) is 1. The zero-order chi connectivity index (χ0) is 13.9. The van der Waals surface area contributed by atoms with Crippen LogP contribution in [-0.2, 0) is 6.54 Å². The van der Waals surface area contributed by atoms with Crippen LogP contribution in [0.1, 0.15) is 24.2 Å². The third-order valence-electron chi connectivity index (χ3n) is 3.28. The first-order valence-corrected chi connectivity index (χ1v) is 7.29. The number of hydrogen-bond donors (Lipinski definition) is 1. The molecule has 0 aromatic carbocycles. The molecule has 0 spiro atoms. The molecular formula is C14H16N4OS. The van der Waals surface area contributed by atoms with E-state index in [9.17, 15) is 0 Å². The summed E-state index contributed by atoms with van der Waals surface area (Å²) in [6.45, 7) is 2.81. The van der Waals surface area contributed by atoms with Gasteiger partial charge in [0.15, 0.2) is 4.96 Å². The first kappa shape index (κ1) is 13.1. The topological polar surface area (TPSA) is 51.5 Å². The zero-order valence-corrected chi connectivity index (χ0v) is 12.2. The van der Waals surface area contributed by atoms with E-state index < -0.39 is 0 Å². The highest BCUT2D eigenvalue weighted by Crippen LogP contribution is 2.23. The molecule has 1 N–H and O–H groups in total. The number of fused-ring (bicyclic) bond motifs is 1. The molecule has 3 heterocycles. The third kappa shape index (κ3) is 2.39. The second-order valence-electron chi connectivity index (χ2n) is 4.51. The summed E-state index contributed by atoms with van der Waals surface area (Å²) in [5, 5.41) is 5.51. The van der Waals surface area contributed by atoms with E-state index in [2.05, 4.69) is 32.7 Å². The van der Waals surface area contributed by atoms with E-state index in [1.807, 2.05) is 23.8 Å². The van der Waals surface area contributed by atoms with Crippen molar-refractivity contribution in [3.05, 3.63) is 47.4 Å². The second-order valence-corrected chi connectivity index (χ2v) is 5.39. The molecule has 104 valence electrons. The molecule has 0 aliphatic rings. The van der Waals surface area contributed by atoms with Crippen LogP contribution in [0.3, 0.4) is 0 Å². The van der Waals surface area contributed by atoms with Crippen LogP contribution in [0.5, 0.6) is 5.88 Å². The van der Waals surface area contributed by atoms with Crippen molar-refractivity contribution < 1.29 is 4.74 Å². The van der Waals surface area contributed by atoms with Crippen molar-refractivity contribution in [2.24, 2.45) is 0 Å². The summed E-state index contributed by atoms with van der Waals surface area (Å²) in [5.74, 6) is 0.683. The monoisotopic (exact) mass is 288 g/mol. The Morgan fingerprint density at radius 3 is 3.15 bits per heavy atom. The molecular weight excluding hydrogens is 272 g/mol. The zero-order valence-electron chi connectivity index (χ0n) is 11.4. The van der Waals surface area contributed by atoms with Crippen molar-refractivity contribution >= 4 is 16.3 Å². The molecule has 0 bridgehead atoms. The fourth-order valence-corrected chi connectivity index (χ4v) is 2.86. The summed E-state index contributed by atoms with van der Waals surface area (Å²) in [6, 6.07) is 4.24. The van der Waals surface area contributed by atoms with Gasteiger partial charge in [-0.15, -0.1) is 11.3 Å². The van der Waals surface area contributed by atoms with Crippen molar-refractivity contribution in [3.8, 4) is 5.88 Å². The summed E-state index contributed by atoms with van der Waals surface area (Å²) < 4.78 is 7.41. The van der Waals surface area contributed by atoms with Crippen molar-refractivity contribution in [2.75, 3.05) is 7.11 Å². The number of thiazole rings is 1. The number of methoxy groups -OCH3 is 1. The van der Waals surface area contributed by atoms with Crippen molar-refractivity contribution in [1.29, 1.82) is 0 Å². The van der Waals surface area contributed by atoms with Crippen LogP contribution in [0.15, 0.2) is 36.1 Å².